The van der Waals surface area contributed by atoms with Crippen LogP contribution in [-0.4, -0.2) is 29.4 Å². The predicted molar refractivity (Wildman–Crippen MR) is 91.3 cm³/mol. The number of aromatic nitrogens is 2. The second-order valence-corrected chi connectivity index (χ2v) is 8.50. The molecule has 3 N–H and O–H groups in total. The predicted octanol–water partition coefficient (Wildman–Crippen LogP) is 0.660. The van der Waals surface area contributed by atoms with Gasteiger partial charge in [-0.05, 0) is 38.0 Å². The molecule has 1 heterocycles. The van der Waals surface area contributed by atoms with Crippen LogP contribution < -0.4 is 21.8 Å². The summed E-state index contributed by atoms with van der Waals surface area (Å²) in [4.78, 5) is 24.1. The first kappa shape index (κ1) is 19.4. The fourth-order valence-electron chi connectivity index (χ4n) is 2.67. The van der Waals surface area contributed by atoms with Gasteiger partial charge in [-0.25, -0.2) is 17.9 Å². The zero-order chi connectivity index (χ0) is 20.2. The lowest BCUT2D eigenvalue weighted by molar-refractivity contribution is -0.136. The van der Waals surface area contributed by atoms with E-state index >= 15 is 0 Å². The number of rotatable bonds is 5. The Balaban J connectivity index is 2.14. The molecule has 12 heteroatoms. The molecular formula is C15H17F3N4O4S. The summed E-state index contributed by atoms with van der Waals surface area (Å²) in [6.07, 6.45) is -4.48. The van der Waals surface area contributed by atoms with E-state index in [2.05, 4.69) is 4.72 Å². The van der Waals surface area contributed by atoms with Crippen LogP contribution in [0.4, 0.5) is 13.2 Å². The van der Waals surface area contributed by atoms with Crippen LogP contribution in [0.3, 0.4) is 0 Å². The van der Waals surface area contributed by atoms with Crippen LogP contribution in [-0.2, 0) is 16.6 Å². The molecule has 2 aromatic rings. The van der Waals surface area contributed by atoms with Crippen molar-refractivity contribution in [3.05, 3.63) is 39.0 Å². The first-order valence-electron chi connectivity index (χ1n) is 7.98. The largest absolute Gasteiger partial charge is 0.390 e. The van der Waals surface area contributed by atoms with E-state index in [-0.39, 0.29) is 20.5 Å². The Morgan fingerprint density at radius 3 is 2.44 bits per heavy atom. The van der Waals surface area contributed by atoms with Crippen molar-refractivity contribution in [3.63, 3.8) is 0 Å². The van der Waals surface area contributed by atoms with E-state index in [0.717, 1.165) is 18.2 Å². The Morgan fingerprint density at radius 2 is 1.89 bits per heavy atom. The molecule has 0 saturated heterocycles. The summed E-state index contributed by atoms with van der Waals surface area (Å²) in [6.45, 7) is 0.978. The van der Waals surface area contributed by atoms with Gasteiger partial charge in [0.2, 0.25) is 10.0 Å². The molecule has 0 bridgehead atoms. The summed E-state index contributed by atoms with van der Waals surface area (Å²) in [6, 6.07) is 3.29. The standard InChI is InChI=1S/C15H17F3N4O4S/c1-14(4-5-14)20-27(25,26)9-2-3-11-10(8-9)12(23)22(19)13(24)21(11)7-6-15(16,17)18/h2-3,8,20H,4-7,19H2,1H3. The average molecular weight is 406 g/mol. The SMILES string of the molecule is CC1(NS(=O)(=O)c2ccc3c(c2)c(=O)n(N)c(=O)n3CCC(F)(F)F)CC1. The Labute approximate surface area is 151 Å². The maximum atomic E-state index is 12.5. The molecule has 0 amide bonds. The van der Waals surface area contributed by atoms with Crippen LogP contribution in [0.15, 0.2) is 32.7 Å². The van der Waals surface area contributed by atoms with E-state index in [4.69, 9.17) is 5.84 Å². The van der Waals surface area contributed by atoms with Crippen molar-refractivity contribution in [2.24, 2.45) is 0 Å². The quantitative estimate of drug-likeness (QED) is 0.708. The molecule has 0 aliphatic heterocycles. The molecule has 0 radical (unpaired) electrons. The molecular weight excluding hydrogens is 389 g/mol. The van der Waals surface area contributed by atoms with Crippen molar-refractivity contribution >= 4 is 20.9 Å². The molecule has 8 nitrogen and oxygen atoms in total. The van der Waals surface area contributed by atoms with Crippen molar-refractivity contribution < 1.29 is 21.6 Å². The Bertz CT molecular complexity index is 1130. The number of nitrogens with one attached hydrogen (secondary N) is 1. The molecule has 1 saturated carbocycles. The van der Waals surface area contributed by atoms with Gasteiger partial charge in [0.05, 0.1) is 22.2 Å². The van der Waals surface area contributed by atoms with E-state index < -0.39 is 46.0 Å². The number of nitrogen functional groups attached to an aromatic ring is 1. The number of hydrogen-bond donors (Lipinski definition) is 2. The van der Waals surface area contributed by atoms with Crippen LogP contribution in [0.5, 0.6) is 0 Å². The van der Waals surface area contributed by atoms with Gasteiger partial charge in [-0.1, -0.05) is 0 Å². The smallest absolute Gasteiger partial charge is 0.332 e. The average Bonchev–Trinajstić information content (AvgIpc) is 3.27. The Hall–Kier alpha value is -2.34. The van der Waals surface area contributed by atoms with Gasteiger partial charge in [-0.3, -0.25) is 9.36 Å². The zero-order valence-corrected chi connectivity index (χ0v) is 15.0. The van der Waals surface area contributed by atoms with E-state index in [1.54, 1.807) is 6.92 Å². The summed E-state index contributed by atoms with van der Waals surface area (Å²) in [5.74, 6) is 5.38. The van der Waals surface area contributed by atoms with Crippen LogP contribution in [0.1, 0.15) is 26.2 Å². The summed E-state index contributed by atoms with van der Waals surface area (Å²) < 4.78 is 65.9. The molecule has 1 aromatic heterocycles. The third-order valence-electron chi connectivity index (χ3n) is 4.45. The summed E-state index contributed by atoms with van der Waals surface area (Å²) in [7, 11) is -3.94. The number of nitrogens with two attached hydrogens (primary N) is 1. The molecule has 1 aliphatic carbocycles. The number of aryl methyl sites for hydroxylation is 1. The van der Waals surface area contributed by atoms with Crippen molar-refractivity contribution in [2.45, 2.75) is 49.3 Å². The molecule has 0 spiro atoms. The topological polar surface area (TPSA) is 116 Å². The fraction of sp³-hybridized carbons (Fsp3) is 0.467. The molecule has 0 unspecified atom stereocenters. The number of fused-ring (bicyclic) bond motifs is 1. The van der Waals surface area contributed by atoms with Crippen molar-refractivity contribution in [3.8, 4) is 0 Å². The van der Waals surface area contributed by atoms with E-state index in [1.165, 1.54) is 0 Å². The highest BCUT2D eigenvalue weighted by Crippen LogP contribution is 2.36. The third-order valence-corrected chi connectivity index (χ3v) is 6.09. The van der Waals surface area contributed by atoms with Gasteiger partial charge in [0.15, 0.2) is 0 Å². The van der Waals surface area contributed by atoms with Crippen molar-refractivity contribution in [1.29, 1.82) is 0 Å². The lowest BCUT2D eigenvalue weighted by atomic mass is 10.2. The number of nitrogens with zero attached hydrogens (tertiary/aromatic N) is 2. The van der Waals surface area contributed by atoms with Crippen LogP contribution in [0.2, 0.25) is 0 Å². The minimum Gasteiger partial charge on any atom is -0.332 e. The first-order valence-corrected chi connectivity index (χ1v) is 9.47. The third kappa shape index (κ3) is 3.86. The van der Waals surface area contributed by atoms with Crippen LogP contribution >= 0.6 is 0 Å². The monoisotopic (exact) mass is 406 g/mol. The summed E-state index contributed by atoms with van der Waals surface area (Å²) in [5, 5.41) is -0.261. The van der Waals surface area contributed by atoms with E-state index in [9.17, 15) is 31.2 Å². The fourth-order valence-corrected chi connectivity index (χ4v) is 4.16. The van der Waals surface area contributed by atoms with Gasteiger partial charge in [-0.15, -0.1) is 0 Å². The van der Waals surface area contributed by atoms with Gasteiger partial charge in [0.25, 0.3) is 5.56 Å². The maximum Gasteiger partial charge on any atom is 0.390 e. The molecule has 148 valence electrons. The van der Waals surface area contributed by atoms with Crippen LogP contribution in [0.25, 0.3) is 10.9 Å². The van der Waals surface area contributed by atoms with Crippen molar-refractivity contribution in [1.82, 2.24) is 14.0 Å². The van der Waals surface area contributed by atoms with E-state index in [1.807, 2.05) is 0 Å². The minimum atomic E-state index is -4.52. The molecule has 1 aromatic carbocycles. The second kappa shape index (κ2) is 6.09. The summed E-state index contributed by atoms with van der Waals surface area (Å²) >= 11 is 0. The number of sulfonamides is 1. The molecule has 0 atom stereocenters. The number of hydrogen-bond acceptors (Lipinski definition) is 5. The van der Waals surface area contributed by atoms with Crippen molar-refractivity contribution in [2.75, 3.05) is 5.84 Å². The number of halogens is 3. The highest BCUT2D eigenvalue weighted by atomic mass is 32.2. The highest BCUT2D eigenvalue weighted by molar-refractivity contribution is 7.89. The van der Waals surface area contributed by atoms with Gasteiger partial charge in [0.1, 0.15) is 0 Å². The van der Waals surface area contributed by atoms with Gasteiger partial charge < -0.3 is 5.84 Å². The lowest BCUT2D eigenvalue weighted by Crippen LogP contribution is -2.45. The molecule has 27 heavy (non-hydrogen) atoms. The maximum absolute atomic E-state index is 12.5. The normalized spacial score (nSPS) is 16.6. The lowest BCUT2D eigenvalue weighted by Gasteiger charge is -2.15. The van der Waals surface area contributed by atoms with Gasteiger partial charge in [-0.2, -0.15) is 17.8 Å². The summed E-state index contributed by atoms with van der Waals surface area (Å²) in [5.41, 5.74) is -2.77. The zero-order valence-electron chi connectivity index (χ0n) is 14.2. The van der Waals surface area contributed by atoms with Gasteiger partial charge >= 0.3 is 11.9 Å². The minimum absolute atomic E-state index is 0.118. The van der Waals surface area contributed by atoms with E-state index in [0.29, 0.717) is 17.4 Å². The first-order chi connectivity index (χ1) is 12.3. The number of alkyl halides is 3. The Kier molecular flexibility index (Phi) is 4.38. The Morgan fingerprint density at radius 1 is 1.26 bits per heavy atom. The number of benzene rings is 1. The molecule has 3 rings (SSSR count). The molecule has 1 fully saturated rings. The van der Waals surface area contributed by atoms with Crippen LogP contribution in [0, 0.1) is 0 Å². The molecule has 1 aliphatic rings. The highest BCUT2D eigenvalue weighted by Gasteiger charge is 2.41. The second-order valence-electron chi connectivity index (χ2n) is 6.82. The van der Waals surface area contributed by atoms with Gasteiger partial charge in [0, 0.05) is 12.1 Å².